The Bertz CT molecular complexity index is 316. The normalized spacial score (nSPS) is 9.50. The van der Waals surface area contributed by atoms with E-state index in [1.807, 2.05) is 0 Å². The summed E-state index contributed by atoms with van der Waals surface area (Å²) in [6.45, 7) is 0. The van der Waals surface area contributed by atoms with Gasteiger partial charge in [0.05, 0.1) is 5.02 Å². The smallest absolute Gasteiger partial charge is 0.288 e. The van der Waals surface area contributed by atoms with Crippen LogP contribution in [0.2, 0.25) is 5.02 Å². The summed E-state index contributed by atoms with van der Waals surface area (Å²) in [6.07, 6.45) is -1.35. The zero-order valence-electron chi connectivity index (χ0n) is 5.80. The van der Waals surface area contributed by atoms with E-state index in [1.165, 1.54) is 6.07 Å². The Kier molecular flexibility index (Phi) is 2.94. The predicted molar refractivity (Wildman–Crippen MR) is 48.9 cm³/mol. The summed E-state index contributed by atoms with van der Waals surface area (Å²) in [7, 11) is 0. The molecule has 0 bridgehead atoms. The lowest BCUT2D eigenvalue weighted by Gasteiger charge is -2.00. The summed E-state index contributed by atoms with van der Waals surface area (Å²) in [5.41, 5.74) is 0.392. The van der Waals surface area contributed by atoms with Gasteiger partial charge in [0.2, 0.25) is 0 Å². The van der Waals surface area contributed by atoms with Gasteiger partial charge in [-0.2, -0.15) is 0 Å². The Morgan fingerprint density at radius 2 is 2.17 bits per heavy atom. The fourth-order valence-corrected chi connectivity index (χ4v) is 1.12. The van der Waals surface area contributed by atoms with Crippen LogP contribution in [0, 0.1) is 0 Å². The second kappa shape index (κ2) is 3.78. The van der Waals surface area contributed by atoms with Crippen molar-refractivity contribution in [1.82, 2.24) is 0 Å². The molecule has 3 nitrogen and oxygen atoms in total. The first kappa shape index (κ1) is 9.35. The van der Waals surface area contributed by atoms with E-state index in [1.54, 1.807) is 12.1 Å². The second-order valence-electron chi connectivity index (χ2n) is 2.04. The van der Waals surface area contributed by atoms with Crippen LogP contribution in [0.25, 0.3) is 0 Å². The van der Waals surface area contributed by atoms with E-state index in [4.69, 9.17) is 11.6 Å². The zero-order valence-corrected chi connectivity index (χ0v) is 8.15. The molecule has 0 heterocycles. The van der Waals surface area contributed by atoms with Crippen LogP contribution in [-0.2, 0) is 5.11 Å². The van der Waals surface area contributed by atoms with E-state index < -0.39 is 6.09 Å². The lowest BCUT2D eigenvalue weighted by atomic mass is 10.3. The molecular formula is C7H4BrClNO2. The van der Waals surface area contributed by atoms with Gasteiger partial charge in [-0.15, -0.1) is 0 Å². The quantitative estimate of drug-likeness (QED) is 0.817. The van der Waals surface area contributed by atoms with Crippen molar-refractivity contribution in [3.05, 3.63) is 27.7 Å². The Morgan fingerprint density at radius 3 is 2.67 bits per heavy atom. The van der Waals surface area contributed by atoms with Crippen molar-refractivity contribution in [2.75, 3.05) is 5.32 Å². The number of hydrogen-bond donors (Lipinski definition) is 1. The maximum absolute atomic E-state index is 10.1. The third-order valence-electron chi connectivity index (χ3n) is 1.17. The standard InChI is InChI=1S/C7H4BrClNO2/c8-5-2-1-4(3-6(5)9)10-7(11)12/h1-3,10H. The number of halogens is 2. The summed E-state index contributed by atoms with van der Waals surface area (Å²) < 4.78 is 0.716. The van der Waals surface area contributed by atoms with Gasteiger partial charge in [0, 0.05) is 10.2 Å². The van der Waals surface area contributed by atoms with E-state index in [0.717, 1.165) is 0 Å². The first-order valence-electron chi connectivity index (χ1n) is 3.02. The van der Waals surface area contributed by atoms with Gasteiger partial charge >= 0.3 is 6.09 Å². The molecule has 63 valence electrons. The molecule has 1 N–H and O–H groups in total. The summed E-state index contributed by atoms with van der Waals surface area (Å²) in [4.78, 5) is 10.1. The summed E-state index contributed by atoms with van der Waals surface area (Å²) >= 11 is 8.87. The van der Waals surface area contributed by atoms with Crippen molar-refractivity contribution in [3.8, 4) is 0 Å². The lowest BCUT2D eigenvalue weighted by Crippen LogP contribution is -2.05. The Hall–Kier alpha value is -0.740. The number of anilines is 1. The molecule has 1 rings (SSSR count). The van der Waals surface area contributed by atoms with Crippen molar-refractivity contribution in [3.63, 3.8) is 0 Å². The number of hydrogen-bond acceptors (Lipinski definition) is 1. The highest BCUT2D eigenvalue weighted by Gasteiger charge is 2.02. The number of benzene rings is 1. The van der Waals surface area contributed by atoms with E-state index in [-0.39, 0.29) is 0 Å². The summed E-state index contributed by atoms with van der Waals surface area (Å²) in [5, 5.41) is 12.6. The molecule has 0 spiro atoms. The monoisotopic (exact) mass is 248 g/mol. The Balaban J connectivity index is 2.89. The summed E-state index contributed by atoms with van der Waals surface area (Å²) in [6, 6.07) is 4.71. The summed E-state index contributed by atoms with van der Waals surface area (Å²) in [5.74, 6) is 0. The van der Waals surface area contributed by atoms with Crippen LogP contribution < -0.4 is 5.32 Å². The highest BCUT2D eigenvalue weighted by molar-refractivity contribution is 9.10. The Morgan fingerprint density at radius 1 is 1.50 bits per heavy atom. The molecule has 0 aliphatic rings. The van der Waals surface area contributed by atoms with E-state index in [9.17, 15) is 9.90 Å². The highest BCUT2D eigenvalue weighted by atomic mass is 79.9. The maximum Gasteiger partial charge on any atom is 0.454 e. The van der Waals surface area contributed by atoms with E-state index >= 15 is 0 Å². The molecule has 0 aromatic heterocycles. The molecule has 1 amide bonds. The molecule has 0 aliphatic heterocycles. The van der Waals surface area contributed by atoms with Gasteiger partial charge in [-0.25, -0.2) is 9.90 Å². The van der Waals surface area contributed by atoms with Crippen LogP contribution in [0.5, 0.6) is 0 Å². The topological polar surface area (TPSA) is 49.0 Å². The van der Waals surface area contributed by atoms with E-state index in [0.29, 0.717) is 15.2 Å². The van der Waals surface area contributed by atoms with Gasteiger partial charge in [-0.1, -0.05) is 11.6 Å². The molecule has 1 aromatic rings. The van der Waals surface area contributed by atoms with E-state index in [2.05, 4.69) is 21.2 Å². The van der Waals surface area contributed by atoms with Crippen molar-refractivity contribution >= 4 is 39.3 Å². The number of amides is 1. The third kappa shape index (κ3) is 2.39. The van der Waals surface area contributed by atoms with Gasteiger partial charge in [-0.3, -0.25) is 5.32 Å². The fourth-order valence-electron chi connectivity index (χ4n) is 0.692. The largest absolute Gasteiger partial charge is 0.454 e. The number of rotatable bonds is 1. The highest BCUT2D eigenvalue weighted by Crippen LogP contribution is 2.25. The number of carbonyl (C=O) groups excluding carboxylic acids is 1. The van der Waals surface area contributed by atoms with Crippen LogP contribution in [-0.4, -0.2) is 6.09 Å². The van der Waals surface area contributed by atoms with Gasteiger partial charge in [0.15, 0.2) is 0 Å². The van der Waals surface area contributed by atoms with Gasteiger partial charge in [0.25, 0.3) is 0 Å². The minimum atomic E-state index is -1.35. The van der Waals surface area contributed by atoms with Gasteiger partial charge in [0.1, 0.15) is 0 Å². The molecule has 1 radical (unpaired) electrons. The minimum absolute atomic E-state index is 0.392. The first-order valence-corrected chi connectivity index (χ1v) is 4.20. The minimum Gasteiger partial charge on any atom is -0.288 e. The average Bonchev–Trinajstić information content (AvgIpc) is 1.96. The molecule has 5 heteroatoms. The average molecular weight is 249 g/mol. The van der Waals surface area contributed by atoms with Crippen LogP contribution in [0.4, 0.5) is 10.5 Å². The number of carbonyl (C=O) groups is 1. The molecule has 0 saturated heterocycles. The van der Waals surface area contributed by atoms with Crippen molar-refractivity contribution in [2.45, 2.75) is 0 Å². The molecule has 1 aromatic carbocycles. The molecule has 0 fully saturated rings. The molecule has 0 atom stereocenters. The van der Waals surface area contributed by atoms with Crippen LogP contribution in [0.15, 0.2) is 22.7 Å². The molecule has 12 heavy (non-hydrogen) atoms. The lowest BCUT2D eigenvalue weighted by molar-refractivity contribution is 0.185. The SMILES string of the molecule is [O]C(=O)Nc1ccc(Br)c(Cl)c1. The van der Waals surface area contributed by atoms with Crippen molar-refractivity contribution < 1.29 is 9.90 Å². The van der Waals surface area contributed by atoms with Crippen molar-refractivity contribution in [1.29, 1.82) is 0 Å². The maximum atomic E-state index is 10.1. The molecular weight excluding hydrogens is 245 g/mol. The third-order valence-corrected chi connectivity index (χ3v) is 2.40. The molecule has 0 unspecified atom stereocenters. The van der Waals surface area contributed by atoms with Crippen LogP contribution >= 0.6 is 27.5 Å². The van der Waals surface area contributed by atoms with Crippen LogP contribution in [0.3, 0.4) is 0 Å². The Labute approximate surface area is 82.5 Å². The fraction of sp³-hybridized carbons (Fsp3) is 0. The predicted octanol–water partition coefficient (Wildman–Crippen LogP) is 3.06. The second-order valence-corrected chi connectivity index (χ2v) is 3.30. The molecule has 0 aliphatic carbocycles. The van der Waals surface area contributed by atoms with Gasteiger partial charge in [-0.05, 0) is 34.1 Å². The zero-order chi connectivity index (χ0) is 9.14. The van der Waals surface area contributed by atoms with Crippen molar-refractivity contribution in [2.24, 2.45) is 0 Å². The molecule has 0 saturated carbocycles. The number of nitrogens with one attached hydrogen (secondary N) is 1. The first-order chi connectivity index (χ1) is 5.59. The van der Waals surface area contributed by atoms with Gasteiger partial charge < -0.3 is 0 Å². The van der Waals surface area contributed by atoms with Crippen LogP contribution in [0.1, 0.15) is 0 Å².